The summed E-state index contributed by atoms with van der Waals surface area (Å²) in [5.41, 5.74) is 0. The first kappa shape index (κ1) is 11.6. The Kier molecular flexibility index (Phi) is 5.04. The highest BCUT2D eigenvalue weighted by Gasteiger charge is 2.15. The minimum atomic E-state index is 0.535. The second-order valence-corrected chi connectivity index (χ2v) is 4.76. The molecule has 0 unspecified atom stereocenters. The predicted octanol–water partition coefficient (Wildman–Crippen LogP) is 2.77. The SMILES string of the molecule is CC(C)C#CCCC1CCN(C)CC1. The van der Waals surface area contributed by atoms with Gasteiger partial charge in [0.15, 0.2) is 0 Å². The van der Waals surface area contributed by atoms with Crippen molar-refractivity contribution < 1.29 is 0 Å². The Balaban J connectivity index is 2.11. The lowest BCUT2D eigenvalue weighted by Gasteiger charge is -2.28. The molecule has 1 nitrogen and oxygen atoms in total. The summed E-state index contributed by atoms with van der Waals surface area (Å²) in [4.78, 5) is 2.43. The maximum absolute atomic E-state index is 3.28. The third-order valence-corrected chi connectivity index (χ3v) is 2.91. The molecule has 1 heterocycles. The van der Waals surface area contributed by atoms with Crippen molar-refractivity contribution in [1.82, 2.24) is 4.90 Å². The highest BCUT2D eigenvalue weighted by Crippen LogP contribution is 2.20. The Morgan fingerprint density at radius 3 is 2.50 bits per heavy atom. The van der Waals surface area contributed by atoms with Crippen LogP contribution in [0.3, 0.4) is 0 Å². The van der Waals surface area contributed by atoms with Gasteiger partial charge in [-0.25, -0.2) is 0 Å². The minimum Gasteiger partial charge on any atom is -0.306 e. The summed E-state index contributed by atoms with van der Waals surface area (Å²) < 4.78 is 0. The Morgan fingerprint density at radius 2 is 1.93 bits per heavy atom. The van der Waals surface area contributed by atoms with Crippen molar-refractivity contribution in [3.8, 4) is 11.8 Å². The van der Waals surface area contributed by atoms with E-state index >= 15 is 0 Å². The molecular formula is C13H23N. The second kappa shape index (κ2) is 6.09. The molecule has 1 saturated heterocycles. The van der Waals surface area contributed by atoms with Gasteiger partial charge in [0.1, 0.15) is 0 Å². The molecule has 1 rings (SSSR count). The standard InChI is InChI=1S/C13H23N/c1-12(2)6-4-5-7-13-8-10-14(3)11-9-13/h12-13H,5,7-11H2,1-3H3. The van der Waals surface area contributed by atoms with Gasteiger partial charge in [-0.3, -0.25) is 0 Å². The van der Waals surface area contributed by atoms with Crippen molar-refractivity contribution in [2.24, 2.45) is 11.8 Å². The molecule has 0 bridgehead atoms. The van der Waals surface area contributed by atoms with E-state index in [1.54, 1.807) is 0 Å². The molecule has 0 aliphatic carbocycles. The van der Waals surface area contributed by atoms with Gasteiger partial charge in [0, 0.05) is 12.3 Å². The van der Waals surface area contributed by atoms with Crippen LogP contribution in [0.25, 0.3) is 0 Å². The molecule has 14 heavy (non-hydrogen) atoms. The van der Waals surface area contributed by atoms with Crippen LogP contribution in [-0.4, -0.2) is 25.0 Å². The van der Waals surface area contributed by atoms with Crippen molar-refractivity contribution in [2.75, 3.05) is 20.1 Å². The molecule has 0 saturated carbocycles. The highest BCUT2D eigenvalue weighted by molar-refractivity contribution is 5.01. The Bertz CT molecular complexity index is 201. The zero-order chi connectivity index (χ0) is 10.4. The number of piperidine rings is 1. The topological polar surface area (TPSA) is 3.24 Å². The quantitative estimate of drug-likeness (QED) is 0.610. The molecule has 0 aromatic rings. The largest absolute Gasteiger partial charge is 0.306 e. The second-order valence-electron chi connectivity index (χ2n) is 4.76. The molecule has 0 N–H and O–H groups in total. The van der Waals surface area contributed by atoms with Gasteiger partial charge < -0.3 is 4.90 Å². The van der Waals surface area contributed by atoms with Crippen molar-refractivity contribution in [2.45, 2.75) is 39.5 Å². The maximum Gasteiger partial charge on any atom is 0.0146 e. The van der Waals surface area contributed by atoms with Crippen LogP contribution >= 0.6 is 0 Å². The number of likely N-dealkylation sites (tertiary alicyclic amines) is 1. The van der Waals surface area contributed by atoms with Crippen molar-refractivity contribution in [3.63, 3.8) is 0 Å². The minimum absolute atomic E-state index is 0.535. The average Bonchev–Trinajstić information content (AvgIpc) is 2.15. The Morgan fingerprint density at radius 1 is 1.29 bits per heavy atom. The van der Waals surface area contributed by atoms with E-state index in [0.29, 0.717) is 5.92 Å². The third-order valence-electron chi connectivity index (χ3n) is 2.91. The summed E-state index contributed by atoms with van der Waals surface area (Å²) in [6.45, 7) is 6.87. The van der Waals surface area contributed by atoms with Crippen molar-refractivity contribution in [1.29, 1.82) is 0 Å². The van der Waals surface area contributed by atoms with E-state index in [0.717, 1.165) is 12.3 Å². The van der Waals surface area contributed by atoms with Gasteiger partial charge in [-0.15, -0.1) is 11.8 Å². The van der Waals surface area contributed by atoms with Gasteiger partial charge in [0.05, 0.1) is 0 Å². The van der Waals surface area contributed by atoms with Gasteiger partial charge >= 0.3 is 0 Å². The van der Waals surface area contributed by atoms with Crippen LogP contribution in [0.5, 0.6) is 0 Å². The fraction of sp³-hybridized carbons (Fsp3) is 0.846. The first-order chi connectivity index (χ1) is 6.68. The highest BCUT2D eigenvalue weighted by atomic mass is 15.1. The van der Waals surface area contributed by atoms with E-state index in [4.69, 9.17) is 0 Å². The monoisotopic (exact) mass is 193 g/mol. The zero-order valence-corrected chi connectivity index (χ0v) is 9.84. The van der Waals surface area contributed by atoms with E-state index in [1.807, 2.05) is 0 Å². The average molecular weight is 193 g/mol. The van der Waals surface area contributed by atoms with Crippen LogP contribution in [0.1, 0.15) is 39.5 Å². The van der Waals surface area contributed by atoms with Crippen LogP contribution in [0, 0.1) is 23.7 Å². The van der Waals surface area contributed by atoms with Gasteiger partial charge in [0.25, 0.3) is 0 Å². The van der Waals surface area contributed by atoms with Gasteiger partial charge in [-0.05, 0) is 45.3 Å². The lowest BCUT2D eigenvalue weighted by molar-refractivity contribution is 0.213. The van der Waals surface area contributed by atoms with Gasteiger partial charge in [0.2, 0.25) is 0 Å². The Labute approximate surface area is 88.9 Å². The summed E-state index contributed by atoms with van der Waals surface area (Å²) in [6, 6.07) is 0. The zero-order valence-electron chi connectivity index (χ0n) is 9.84. The van der Waals surface area contributed by atoms with Gasteiger partial charge in [-0.1, -0.05) is 13.8 Å². The van der Waals surface area contributed by atoms with E-state index in [1.165, 1.54) is 32.4 Å². The molecule has 1 heteroatoms. The summed E-state index contributed by atoms with van der Waals surface area (Å²) in [6.07, 6.45) is 5.17. The molecule has 0 atom stereocenters. The van der Waals surface area contributed by atoms with E-state index in [2.05, 4.69) is 37.6 Å². The number of rotatable bonds is 2. The predicted molar refractivity (Wildman–Crippen MR) is 62.1 cm³/mol. The molecule has 0 radical (unpaired) electrons. The van der Waals surface area contributed by atoms with Crippen LogP contribution < -0.4 is 0 Å². The molecular weight excluding hydrogens is 170 g/mol. The smallest absolute Gasteiger partial charge is 0.0146 e. The molecule has 1 aliphatic heterocycles. The molecule has 1 aliphatic rings. The first-order valence-corrected chi connectivity index (χ1v) is 5.85. The van der Waals surface area contributed by atoms with Crippen LogP contribution in [0.4, 0.5) is 0 Å². The van der Waals surface area contributed by atoms with Crippen molar-refractivity contribution >= 4 is 0 Å². The number of hydrogen-bond donors (Lipinski definition) is 0. The Hall–Kier alpha value is -0.480. The molecule has 0 amide bonds. The van der Waals surface area contributed by atoms with Crippen LogP contribution in [-0.2, 0) is 0 Å². The van der Waals surface area contributed by atoms with Gasteiger partial charge in [-0.2, -0.15) is 0 Å². The molecule has 0 aromatic carbocycles. The van der Waals surface area contributed by atoms with Crippen molar-refractivity contribution in [3.05, 3.63) is 0 Å². The molecule has 0 spiro atoms. The van der Waals surface area contributed by atoms with Crippen LogP contribution in [0.15, 0.2) is 0 Å². The summed E-state index contributed by atoms with van der Waals surface area (Å²) >= 11 is 0. The molecule has 1 fully saturated rings. The fourth-order valence-corrected chi connectivity index (χ4v) is 1.90. The molecule has 0 aromatic heterocycles. The third kappa shape index (κ3) is 4.67. The van der Waals surface area contributed by atoms with Crippen LogP contribution in [0.2, 0.25) is 0 Å². The fourth-order valence-electron chi connectivity index (χ4n) is 1.90. The number of nitrogens with zero attached hydrogens (tertiary/aromatic N) is 1. The lowest BCUT2D eigenvalue weighted by atomic mass is 9.92. The number of hydrogen-bond acceptors (Lipinski definition) is 1. The summed E-state index contributed by atoms with van der Waals surface area (Å²) in [7, 11) is 2.22. The maximum atomic E-state index is 3.28. The lowest BCUT2D eigenvalue weighted by Crippen LogP contribution is -2.30. The van der Waals surface area contributed by atoms with E-state index in [-0.39, 0.29) is 0 Å². The molecule has 80 valence electrons. The van der Waals surface area contributed by atoms with E-state index in [9.17, 15) is 0 Å². The normalized spacial score (nSPS) is 19.4. The van der Waals surface area contributed by atoms with E-state index < -0.39 is 0 Å². The summed E-state index contributed by atoms with van der Waals surface area (Å²) in [5.74, 6) is 7.99. The summed E-state index contributed by atoms with van der Waals surface area (Å²) in [5, 5.41) is 0. The first-order valence-electron chi connectivity index (χ1n) is 5.85.